The maximum atomic E-state index is 13.4. The number of aromatic amines is 1. The third-order valence-corrected chi connectivity index (χ3v) is 6.36. The number of H-pyrrole nitrogens is 1. The maximum Gasteiger partial charge on any atom is 0.327 e. The SMILES string of the molecule is COc1ccc2[nH]cc(C3CCN(C(=O)c4cc(OC)c(OC)c(OC)c4[N+](=O)[O-])CC3)c2c1. The van der Waals surface area contributed by atoms with Crippen LogP contribution in [0.25, 0.3) is 10.9 Å². The Balaban J connectivity index is 1.60. The van der Waals surface area contributed by atoms with Gasteiger partial charge < -0.3 is 28.8 Å². The van der Waals surface area contributed by atoms with Crippen molar-refractivity contribution < 1.29 is 28.7 Å². The molecule has 0 unspecified atom stereocenters. The van der Waals surface area contributed by atoms with Crippen molar-refractivity contribution in [2.45, 2.75) is 18.8 Å². The summed E-state index contributed by atoms with van der Waals surface area (Å²) in [5.41, 5.74) is 1.69. The highest BCUT2D eigenvalue weighted by molar-refractivity contribution is 6.00. The Bertz CT molecular complexity index is 1230. The number of nitro groups is 1. The second-order valence-corrected chi connectivity index (χ2v) is 8.02. The van der Waals surface area contributed by atoms with Crippen LogP contribution in [0.4, 0.5) is 5.69 Å². The summed E-state index contributed by atoms with van der Waals surface area (Å²) in [6, 6.07) is 7.26. The van der Waals surface area contributed by atoms with Gasteiger partial charge in [0.25, 0.3) is 5.91 Å². The fraction of sp³-hybridized carbons (Fsp3) is 0.375. The predicted octanol–water partition coefficient (Wildman–Crippen LogP) is 4.13. The molecule has 3 aromatic rings. The van der Waals surface area contributed by atoms with Crippen LogP contribution in [0.5, 0.6) is 23.0 Å². The van der Waals surface area contributed by atoms with Gasteiger partial charge in [-0.3, -0.25) is 14.9 Å². The van der Waals surface area contributed by atoms with Gasteiger partial charge >= 0.3 is 5.69 Å². The van der Waals surface area contributed by atoms with Crippen LogP contribution in [-0.4, -0.2) is 62.2 Å². The van der Waals surface area contributed by atoms with Gasteiger partial charge in [0.1, 0.15) is 11.3 Å². The molecule has 2 aromatic carbocycles. The summed E-state index contributed by atoms with van der Waals surface area (Å²) in [7, 11) is 5.69. The van der Waals surface area contributed by atoms with Gasteiger partial charge in [-0.15, -0.1) is 0 Å². The van der Waals surface area contributed by atoms with Crippen molar-refractivity contribution >= 4 is 22.5 Å². The Kier molecular flexibility index (Phi) is 6.49. The first-order valence-electron chi connectivity index (χ1n) is 10.8. The van der Waals surface area contributed by atoms with E-state index < -0.39 is 16.5 Å². The van der Waals surface area contributed by atoms with E-state index >= 15 is 0 Å². The fourth-order valence-corrected chi connectivity index (χ4v) is 4.64. The number of aromatic nitrogens is 1. The first kappa shape index (κ1) is 23.2. The van der Waals surface area contributed by atoms with Gasteiger partial charge in [0.2, 0.25) is 11.5 Å². The van der Waals surface area contributed by atoms with Crippen LogP contribution in [0, 0.1) is 10.1 Å². The zero-order valence-electron chi connectivity index (χ0n) is 19.5. The van der Waals surface area contributed by atoms with Crippen LogP contribution in [0.2, 0.25) is 0 Å². The Labute approximate surface area is 196 Å². The molecule has 4 rings (SSSR count). The van der Waals surface area contributed by atoms with Gasteiger partial charge in [-0.1, -0.05) is 0 Å². The summed E-state index contributed by atoms with van der Waals surface area (Å²) in [4.78, 5) is 29.6. The van der Waals surface area contributed by atoms with E-state index in [1.807, 2.05) is 24.4 Å². The van der Waals surface area contributed by atoms with Crippen molar-refractivity contribution in [2.24, 2.45) is 0 Å². The highest BCUT2D eigenvalue weighted by Crippen LogP contribution is 2.47. The molecule has 0 bridgehead atoms. The molecule has 0 saturated carbocycles. The molecule has 1 aliphatic rings. The molecule has 10 heteroatoms. The summed E-state index contributed by atoms with van der Waals surface area (Å²) < 4.78 is 21.2. The number of piperidine rings is 1. The highest BCUT2D eigenvalue weighted by atomic mass is 16.6. The minimum absolute atomic E-state index is 0.0710. The van der Waals surface area contributed by atoms with E-state index in [1.54, 1.807) is 12.0 Å². The van der Waals surface area contributed by atoms with Crippen molar-refractivity contribution in [1.82, 2.24) is 9.88 Å². The zero-order chi connectivity index (χ0) is 24.4. The Morgan fingerprint density at radius 3 is 2.32 bits per heavy atom. The number of nitrogens with zero attached hydrogens (tertiary/aromatic N) is 2. The molecule has 1 aromatic heterocycles. The summed E-state index contributed by atoms with van der Waals surface area (Å²) in [5, 5.41) is 13.0. The number of hydrogen-bond acceptors (Lipinski definition) is 7. The molecule has 180 valence electrons. The highest BCUT2D eigenvalue weighted by Gasteiger charge is 2.35. The molecule has 0 radical (unpaired) electrons. The zero-order valence-corrected chi connectivity index (χ0v) is 19.5. The van der Waals surface area contributed by atoms with Crippen LogP contribution in [-0.2, 0) is 0 Å². The van der Waals surface area contributed by atoms with Gasteiger partial charge in [-0.05, 0) is 42.5 Å². The number of nitrogens with one attached hydrogen (secondary N) is 1. The summed E-state index contributed by atoms with van der Waals surface area (Å²) in [5.74, 6) is 0.718. The second kappa shape index (κ2) is 9.50. The van der Waals surface area contributed by atoms with Crippen LogP contribution in [0.1, 0.15) is 34.7 Å². The number of methoxy groups -OCH3 is 4. The van der Waals surface area contributed by atoms with Gasteiger partial charge in [-0.2, -0.15) is 0 Å². The van der Waals surface area contributed by atoms with E-state index in [4.69, 9.17) is 18.9 Å². The molecular weight excluding hydrogens is 442 g/mol. The van der Waals surface area contributed by atoms with E-state index in [9.17, 15) is 14.9 Å². The van der Waals surface area contributed by atoms with Crippen LogP contribution in [0.15, 0.2) is 30.5 Å². The lowest BCUT2D eigenvalue weighted by Gasteiger charge is -2.32. The van der Waals surface area contributed by atoms with Gasteiger partial charge in [0, 0.05) is 36.3 Å². The Morgan fingerprint density at radius 1 is 1.03 bits per heavy atom. The van der Waals surface area contributed by atoms with E-state index in [1.165, 1.54) is 33.0 Å². The lowest BCUT2D eigenvalue weighted by molar-refractivity contribution is -0.386. The van der Waals surface area contributed by atoms with Gasteiger partial charge in [0.15, 0.2) is 5.75 Å². The average molecular weight is 469 g/mol. The molecule has 0 atom stereocenters. The van der Waals surface area contributed by atoms with Gasteiger partial charge in [0.05, 0.1) is 33.4 Å². The number of nitro benzene ring substituents is 1. The maximum absolute atomic E-state index is 13.4. The number of carbonyl (C=O) groups excluding carboxylic acids is 1. The molecule has 1 N–H and O–H groups in total. The molecule has 2 heterocycles. The first-order valence-corrected chi connectivity index (χ1v) is 10.8. The van der Waals surface area contributed by atoms with Gasteiger partial charge in [-0.25, -0.2) is 0 Å². The first-order chi connectivity index (χ1) is 16.4. The topological polar surface area (TPSA) is 116 Å². The van der Waals surface area contributed by atoms with Crippen LogP contribution >= 0.6 is 0 Å². The average Bonchev–Trinajstić information content (AvgIpc) is 3.29. The van der Waals surface area contributed by atoms with Crippen molar-refractivity contribution in [2.75, 3.05) is 41.5 Å². The molecule has 34 heavy (non-hydrogen) atoms. The standard InChI is InChI=1S/C24H27N3O7/c1-31-15-5-6-19-16(11-15)18(13-25-19)14-7-9-26(10-8-14)24(28)17-12-20(32-2)22(33-3)23(34-4)21(17)27(29)30/h5-6,11-14,25H,7-10H2,1-4H3. The summed E-state index contributed by atoms with van der Waals surface area (Å²) >= 11 is 0. The predicted molar refractivity (Wildman–Crippen MR) is 125 cm³/mol. The number of hydrogen-bond donors (Lipinski definition) is 1. The summed E-state index contributed by atoms with van der Waals surface area (Å²) in [6.45, 7) is 0.932. The Morgan fingerprint density at radius 2 is 1.74 bits per heavy atom. The van der Waals surface area contributed by atoms with E-state index in [2.05, 4.69) is 4.98 Å². The third kappa shape index (κ3) is 3.95. The Hall–Kier alpha value is -3.95. The van der Waals surface area contributed by atoms with Crippen molar-refractivity contribution in [3.8, 4) is 23.0 Å². The second-order valence-electron chi connectivity index (χ2n) is 8.02. The van der Waals surface area contributed by atoms with Crippen molar-refractivity contribution in [3.05, 3.63) is 51.7 Å². The molecular formula is C24H27N3O7. The monoisotopic (exact) mass is 469 g/mol. The lowest BCUT2D eigenvalue weighted by atomic mass is 9.89. The minimum Gasteiger partial charge on any atom is -0.497 e. The number of fused-ring (bicyclic) bond motifs is 1. The van der Waals surface area contributed by atoms with Crippen molar-refractivity contribution in [1.29, 1.82) is 0 Å². The van der Waals surface area contributed by atoms with E-state index in [0.29, 0.717) is 13.1 Å². The number of ether oxygens (including phenoxy) is 4. The molecule has 0 spiro atoms. The molecule has 0 aliphatic carbocycles. The number of carbonyl (C=O) groups is 1. The number of amides is 1. The smallest absolute Gasteiger partial charge is 0.327 e. The summed E-state index contributed by atoms with van der Waals surface area (Å²) in [6.07, 6.45) is 3.47. The molecule has 1 saturated heterocycles. The minimum atomic E-state index is -0.625. The van der Waals surface area contributed by atoms with E-state index in [0.717, 1.165) is 29.5 Å². The molecule has 1 fully saturated rings. The number of rotatable bonds is 7. The van der Waals surface area contributed by atoms with Crippen LogP contribution < -0.4 is 18.9 Å². The molecule has 1 amide bonds. The number of likely N-dealkylation sites (tertiary alicyclic amines) is 1. The fourth-order valence-electron chi connectivity index (χ4n) is 4.64. The van der Waals surface area contributed by atoms with E-state index in [-0.39, 0.29) is 28.7 Å². The normalized spacial score (nSPS) is 14.2. The molecule has 1 aliphatic heterocycles. The largest absolute Gasteiger partial charge is 0.497 e. The third-order valence-electron chi connectivity index (χ3n) is 6.36. The van der Waals surface area contributed by atoms with Crippen LogP contribution in [0.3, 0.4) is 0 Å². The van der Waals surface area contributed by atoms with Crippen molar-refractivity contribution in [3.63, 3.8) is 0 Å². The lowest BCUT2D eigenvalue weighted by Crippen LogP contribution is -2.38. The molecule has 10 nitrogen and oxygen atoms in total. The quantitative estimate of drug-likeness (QED) is 0.408. The number of benzene rings is 2.